The van der Waals surface area contributed by atoms with Gasteiger partial charge in [0.2, 0.25) is 0 Å². The van der Waals surface area contributed by atoms with Gasteiger partial charge in [0.05, 0.1) is 0 Å². The summed E-state index contributed by atoms with van der Waals surface area (Å²) in [5.74, 6) is 2.75. The first-order chi connectivity index (χ1) is 5.61. The second-order valence-electron chi connectivity index (χ2n) is 4.49. The van der Waals surface area contributed by atoms with Crippen LogP contribution < -0.4 is 0 Å². The van der Waals surface area contributed by atoms with Crippen molar-refractivity contribution in [1.82, 2.24) is 0 Å². The van der Waals surface area contributed by atoms with E-state index < -0.39 is 0 Å². The Hall–Kier alpha value is 0. The molecule has 0 radical (unpaired) electrons. The predicted molar refractivity (Wildman–Crippen MR) is 57.3 cm³/mol. The van der Waals surface area contributed by atoms with E-state index in [1.54, 1.807) is 0 Å². The topological polar surface area (TPSA) is 0 Å². The van der Waals surface area contributed by atoms with Crippen molar-refractivity contribution >= 4 is 0 Å². The molecule has 0 saturated heterocycles. The lowest BCUT2D eigenvalue weighted by Crippen LogP contribution is -2.11. The SMILES string of the molecule is CCCC(C)C(C)CC(C)CC. The Morgan fingerprint density at radius 2 is 1.50 bits per heavy atom. The highest BCUT2D eigenvalue weighted by Crippen LogP contribution is 2.24. The fourth-order valence-corrected chi connectivity index (χ4v) is 1.77. The molecule has 0 saturated carbocycles. The molecule has 0 aromatic heterocycles. The van der Waals surface area contributed by atoms with Gasteiger partial charge in [-0.15, -0.1) is 0 Å². The zero-order valence-corrected chi connectivity index (χ0v) is 9.56. The molecule has 0 heteroatoms. The molecule has 3 atom stereocenters. The van der Waals surface area contributed by atoms with Crippen LogP contribution in [0.3, 0.4) is 0 Å². The number of hydrogen-bond donors (Lipinski definition) is 0. The lowest BCUT2D eigenvalue weighted by atomic mass is 9.84. The van der Waals surface area contributed by atoms with Crippen LogP contribution in [0.15, 0.2) is 0 Å². The zero-order chi connectivity index (χ0) is 9.56. The van der Waals surface area contributed by atoms with Crippen LogP contribution in [0.2, 0.25) is 0 Å². The molecule has 3 unspecified atom stereocenters. The Balaban J connectivity index is 3.62. The summed E-state index contributed by atoms with van der Waals surface area (Å²) in [5.41, 5.74) is 0. The molecular formula is C12H26. The Morgan fingerprint density at radius 3 is 1.92 bits per heavy atom. The van der Waals surface area contributed by atoms with Gasteiger partial charge in [-0.2, -0.15) is 0 Å². The van der Waals surface area contributed by atoms with Crippen molar-refractivity contribution < 1.29 is 0 Å². The van der Waals surface area contributed by atoms with Crippen molar-refractivity contribution in [3.63, 3.8) is 0 Å². The maximum Gasteiger partial charge on any atom is -0.0414 e. The summed E-state index contributed by atoms with van der Waals surface area (Å²) in [6.07, 6.45) is 5.49. The summed E-state index contributed by atoms with van der Waals surface area (Å²) >= 11 is 0. The number of hydrogen-bond acceptors (Lipinski definition) is 0. The monoisotopic (exact) mass is 170 g/mol. The van der Waals surface area contributed by atoms with E-state index in [4.69, 9.17) is 0 Å². The molecule has 0 rings (SSSR count). The Morgan fingerprint density at radius 1 is 0.917 bits per heavy atom. The Kier molecular flexibility index (Phi) is 6.51. The van der Waals surface area contributed by atoms with E-state index in [-0.39, 0.29) is 0 Å². The highest BCUT2D eigenvalue weighted by atomic mass is 14.2. The largest absolute Gasteiger partial charge is 0.0654 e. The van der Waals surface area contributed by atoms with Gasteiger partial charge in [0, 0.05) is 0 Å². The first-order valence-electron chi connectivity index (χ1n) is 5.61. The molecule has 0 aromatic rings. The van der Waals surface area contributed by atoms with E-state index in [0.717, 1.165) is 17.8 Å². The van der Waals surface area contributed by atoms with Gasteiger partial charge in [-0.3, -0.25) is 0 Å². The van der Waals surface area contributed by atoms with Gasteiger partial charge in [0.15, 0.2) is 0 Å². The van der Waals surface area contributed by atoms with Crippen LogP contribution in [0.25, 0.3) is 0 Å². The second kappa shape index (κ2) is 6.51. The molecule has 0 N–H and O–H groups in total. The van der Waals surface area contributed by atoms with Crippen LogP contribution >= 0.6 is 0 Å². The quantitative estimate of drug-likeness (QED) is 0.551. The summed E-state index contributed by atoms with van der Waals surface area (Å²) in [4.78, 5) is 0. The standard InChI is InChI=1S/C12H26/c1-6-8-11(4)12(5)9-10(3)7-2/h10-12H,6-9H2,1-5H3. The maximum atomic E-state index is 2.41. The van der Waals surface area contributed by atoms with E-state index >= 15 is 0 Å². The van der Waals surface area contributed by atoms with Gasteiger partial charge in [-0.25, -0.2) is 0 Å². The van der Waals surface area contributed by atoms with Crippen LogP contribution in [0, 0.1) is 17.8 Å². The summed E-state index contributed by atoms with van der Waals surface area (Å²) in [6, 6.07) is 0. The molecule has 0 heterocycles. The normalized spacial score (nSPS) is 18.8. The molecule has 0 aliphatic rings. The third-order valence-electron chi connectivity index (χ3n) is 3.19. The van der Waals surface area contributed by atoms with Gasteiger partial charge in [-0.1, -0.05) is 53.9 Å². The lowest BCUT2D eigenvalue weighted by molar-refractivity contribution is 0.294. The highest BCUT2D eigenvalue weighted by molar-refractivity contribution is 4.64. The highest BCUT2D eigenvalue weighted by Gasteiger charge is 2.13. The third kappa shape index (κ3) is 4.79. The smallest absolute Gasteiger partial charge is 0.0414 e. The molecule has 0 aromatic carbocycles. The minimum absolute atomic E-state index is 0.916. The van der Waals surface area contributed by atoms with Crippen molar-refractivity contribution in [3.05, 3.63) is 0 Å². The van der Waals surface area contributed by atoms with Gasteiger partial charge >= 0.3 is 0 Å². The van der Waals surface area contributed by atoms with E-state index in [2.05, 4.69) is 34.6 Å². The zero-order valence-electron chi connectivity index (χ0n) is 9.56. The van der Waals surface area contributed by atoms with Crippen molar-refractivity contribution in [2.24, 2.45) is 17.8 Å². The molecule has 0 aliphatic carbocycles. The molecular weight excluding hydrogens is 144 g/mol. The summed E-state index contributed by atoms with van der Waals surface area (Å²) in [5, 5.41) is 0. The van der Waals surface area contributed by atoms with Crippen molar-refractivity contribution in [2.45, 2.75) is 60.3 Å². The predicted octanol–water partition coefficient (Wildman–Crippen LogP) is 4.49. The van der Waals surface area contributed by atoms with Crippen molar-refractivity contribution in [3.8, 4) is 0 Å². The molecule has 0 aliphatic heterocycles. The molecule has 0 bridgehead atoms. The van der Waals surface area contributed by atoms with Crippen molar-refractivity contribution in [1.29, 1.82) is 0 Å². The second-order valence-corrected chi connectivity index (χ2v) is 4.49. The first-order valence-corrected chi connectivity index (χ1v) is 5.61. The third-order valence-corrected chi connectivity index (χ3v) is 3.19. The Labute approximate surface area is 78.8 Å². The van der Waals surface area contributed by atoms with Gasteiger partial charge in [0.1, 0.15) is 0 Å². The maximum absolute atomic E-state index is 2.41. The molecule has 0 amide bonds. The van der Waals surface area contributed by atoms with Gasteiger partial charge < -0.3 is 0 Å². The number of rotatable bonds is 6. The van der Waals surface area contributed by atoms with E-state index in [1.807, 2.05) is 0 Å². The van der Waals surface area contributed by atoms with E-state index in [9.17, 15) is 0 Å². The molecule has 0 nitrogen and oxygen atoms in total. The average Bonchev–Trinajstić information content (AvgIpc) is 2.04. The lowest BCUT2D eigenvalue weighted by Gasteiger charge is -2.22. The fraction of sp³-hybridized carbons (Fsp3) is 1.00. The van der Waals surface area contributed by atoms with Crippen LogP contribution in [0.5, 0.6) is 0 Å². The minimum atomic E-state index is 0.916. The van der Waals surface area contributed by atoms with Crippen LogP contribution in [0.4, 0.5) is 0 Å². The van der Waals surface area contributed by atoms with Crippen LogP contribution in [0.1, 0.15) is 60.3 Å². The van der Waals surface area contributed by atoms with Gasteiger partial charge in [-0.05, 0) is 24.2 Å². The summed E-state index contributed by atoms with van der Waals surface area (Å²) in [6.45, 7) is 11.8. The van der Waals surface area contributed by atoms with Crippen molar-refractivity contribution in [2.75, 3.05) is 0 Å². The fourth-order valence-electron chi connectivity index (χ4n) is 1.77. The van der Waals surface area contributed by atoms with Gasteiger partial charge in [0.25, 0.3) is 0 Å². The average molecular weight is 170 g/mol. The van der Waals surface area contributed by atoms with Crippen LogP contribution in [-0.4, -0.2) is 0 Å². The minimum Gasteiger partial charge on any atom is -0.0654 e. The van der Waals surface area contributed by atoms with E-state index in [1.165, 1.54) is 25.7 Å². The first kappa shape index (κ1) is 12.0. The molecule has 74 valence electrons. The molecule has 0 spiro atoms. The van der Waals surface area contributed by atoms with Crippen LogP contribution in [-0.2, 0) is 0 Å². The summed E-state index contributed by atoms with van der Waals surface area (Å²) in [7, 11) is 0. The molecule has 12 heavy (non-hydrogen) atoms. The molecule has 0 fully saturated rings. The Bertz CT molecular complexity index is 96.2. The summed E-state index contributed by atoms with van der Waals surface area (Å²) < 4.78 is 0. The van der Waals surface area contributed by atoms with E-state index in [0.29, 0.717) is 0 Å².